The van der Waals surface area contributed by atoms with E-state index in [0.717, 1.165) is 0 Å². The lowest BCUT2D eigenvalue weighted by atomic mass is 9.51. The van der Waals surface area contributed by atoms with Crippen LogP contribution in [0.1, 0.15) is 12.8 Å². The van der Waals surface area contributed by atoms with Gasteiger partial charge in [-0.05, 0) is 24.7 Å². The van der Waals surface area contributed by atoms with Crippen molar-refractivity contribution in [2.45, 2.75) is 12.8 Å². The molecule has 0 amide bonds. The summed E-state index contributed by atoms with van der Waals surface area (Å²) in [6.07, 6.45) is 1.36. The average molecular weight is 250 g/mol. The highest BCUT2D eigenvalue weighted by Gasteiger charge is 2.69. The minimum atomic E-state index is -0.545. The van der Waals surface area contributed by atoms with Crippen LogP contribution in [0.3, 0.4) is 0 Å². The van der Waals surface area contributed by atoms with E-state index >= 15 is 0 Å². The number of hydrogen-bond acceptors (Lipinski definition) is 6. The van der Waals surface area contributed by atoms with Crippen molar-refractivity contribution in [2.75, 3.05) is 0 Å². The van der Waals surface area contributed by atoms with E-state index in [4.69, 9.17) is 0 Å². The summed E-state index contributed by atoms with van der Waals surface area (Å²) in [5.41, 5.74) is 0. The van der Waals surface area contributed by atoms with Gasteiger partial charge in [-0.3, -0.25) is 19.2 Å². The number of esters is 4. The Morgan fingerprint density at radius 2 is 0.889 bits per heavy atom. The van der Waals surface area contributed by atoms with Gasteiger partial charge in [0.1, 0.15) is 0 Å². The van der Waals surface area contributed by atoms with E-state index in [1.54, 1.807) is 0 Å². The molecule has 0 radical (unpaired) electrons. The van der Waals surface area contributed by atoms with Crippen molar-refractivity contribution in [2.24, 2.45) is 35.5 Å². The number of carbonyl (C=O) groups excluding carboxylic acids is 4. The molecule has 6 atom stereocenters. The molecule has 94 valence electrons. The second-order valence-corrected chi connectivity index (χ2v) is 5.49. The molecule has 0 aromatic rings. The molecule has 2 aliphatic heterocycles. The highest BCUT2D eigenvalue weighted by atomic mass is 16.6. The van der Waals surface area contributed by atoms with E-state index in [-0.39, 0.29) is 11.8 Å². The molecule has 3 unspecified atom stereocenters. The number of carbonyl (C=O) groups is 4. The molecule has 3 saturated carbocycles. The van der Waals surface area contributed by atoms with Crippen LogP contribution in [-0.4, -0.2) is 23.9 Å². The summed E-state index contributed by atoms with van der Waals surface area (Å²) < 4.78 is 9.37. The van der Waals surface area contributed by atoms with Crippen LogP contribution in [0.5, 0.6) is 0 Å². The van der Waals surface area contributed by atoms with Crippen molar-refractivity contribution in [3.63, 3.8) is 0 Å². The largest absolute Gasteiger partial charge is 0.393 e. The van der Waals surface area contributed by atoms with E-state index in [1.165, 1.54) is 0 Å². The Labute approximate surface area is 102 Å². The zero-order chi connectivity index (χ0) is 12.6. The number of fused-ring (bicyclic) bond motifs is 1. The molecule has 6 heteroatoms. The molecule has 0 N–H and O–H groups in total. The van der Waals surface area contributed by atoms with Gasteiger partial charge >= 0.3 is 23.9 Å². The standard InChI is InChI=1S/C12H10O6/c13-9-5-3-1-2-4(7(5)11(15)17-9)8-6(3)10(14)18-12(8)16/h3-8H,1-2H2/t3?,4?,5-,6+,7+,8?/m1/s1. The molecule has 2 saturated heterocycles. The van der Waals surface area contributed by atoms with E-state index in [1.807, 2.05) is 0 Å². The van der Waals surface area contributed by atoms with Crippen molar-refractivity contribution in [1.82, 2.24) is 0 Å². The molecule has 5 rings (SSSR count). The van der Waals surface area contributed by atoms with Crippen LogP contribution in [0.15, 0.2) is 0 Å². The summed E-state index contributed by atoms with van der Waals surface area (Å²) in [4.78, 5) is 46.8. The summed E-state index contributed by atoms with van der Waals surface area (Å²) in [6.45, 7) is 0. The lowest BCUT2D eigenvalue weighted by Crippen LogP contribution is -2.53. The first kappa shape index (κ1) is 10.2. The Hall–Kier alpha value is -1.72. The maximum absolute atomic E-state index is 11.7. The molecule has 0 aromatic carbocycles. The van der Waals surface area contributed by atoms with Crippen molar-refractivity contribution < 1.29 is 28.7 Å². The predicted molar refractivity (Wildman–Crippen MR) is 52.4 cm³/mol. The van der Waals surface area contributed by atoms with Gasteiger partial charge in [0.05, 0.1) is 23.7 Å². The maximum Gasteiger partial charge on any atom is 0.317 e. The minimum absolute atomic E-state index is 0.275. The van der Waals surface area contributed by atoms with Gasteiger partial charge in [0.25, 0.3) is 0 Å². The van der Waals surface area contributed by atoms with E-state index in [0.29, 0.717) is 12.8 Å². The van der Waals surface area contributed by atoms with Crippen LogP contribution in [-0.2, 0) is 28.7 Å². The number of hydrogen-bond donors (Lipinski definition) is 0. The van der Waals surface area contributed by atoms with Crippen molar-refractivity contribution in [1.29, 1.82) is 0 Å². The molecule has 2 bridgehead atoms. The first-order chi connectivity index (χ1) is 8.59. The summed E-state index contributed by atoms with van der Waals surface area (Å²) in [7, 11) is 0. The quantitative estimate of drug-likeness (QED) is 0.431. The van der Waals surface area contributed by atoms with Gasteiger partial charge in [0, 0.05) is 0 Å². The van der Waals surface area contributed by atoms with Gasteiger partial charge in [-0.1, -0.05) is 0 Å². The van der Waals surface area contributed by atoms with Crippen molar-refractivity contribution in [3.05, 3.63) is 0 Å². The molecule has 2 heterocycles. The molecule has 6 nitrogen and oxygen atoms in total. The van der Waals surface area contributed by atoms with Crippen LogP contribution >= 0.6 is 0 Å². The number of cyclic esters (lactones) is 4. The van der Waals surface area contributed by atoms with Crippen LogP contribution in [0, 0.1) is 35.5 Å². The summed E-state index contributed by atoms with van der Waals surface area (Å²) in [5.74, 6) is -4.88. The first-order valence-electron chi connectivity index (χ1n) is 6.10. The van der Waals surface area contributed by atoms with Crippen LogP contribution in [0.25, 0.3) is 0 Å². The van der Waals surface area contributed by atoms with Crippen LogP contribution in [0.4, 0.5) is 0 Å². The highest BCUT2D eigenvalue weighted by Crippen LogP contribution is 2.59. The van der Waals surface area contributed by atoms with Gasteiger partial charge < -0.3 is 9.47 Å². The third-order valence-electron chi connectivity index (χ3n) is 4.94. The molecule has 0 aromatic heterocycles. The average Bonchev–Trinajstić information content (AvgIpc) is 2.81. The summed E-state index contributed by atoms with van der Waals surface area (Å²) in [6, 6.07) is 0. The van der Waals surface area contributed by atoms with Crippen molar-refractivity contribution in [3.8, 4) is 0 Å². The summed E-state index contributed by atoms with van der Waals surface area (Å²) >= 11 is 0. The first-order valence-corrected chi connectivity index (χ1v) is 6.10. The third kappa shape index (κ3) is 0.958. The van der Waals surface area contributed by atoms with E-state index in [2.05, 4.69) is 9.47 Å². The Balaban J connectivity index is 1.84. The Morgan fingerprint density at radius 1 is 0.611 bits per heavy atom. The second kappa shape index (κ2) is 2.99. The second-order valence-electron chi connectivity index (χ2n) is 5.49. The van der Waals surface area contributed by atoms with E-state index in [9.17, 15) is 19.2 Å². The van der Waals surface area contributed by atoms with Crippen LogP contribution < -0.4 is 0 Å². The molecule has 5 aliphatic rings. The topological polar surface area (TPSA) is 86.7 Å². The van der Waals surface area contributed by atoms with E-state index < -0.39 is 47.5 Å². The molecular formula is C12H10O6. The third-order valence-corrected chi connectivity index (χ3v) is 4.94. The lowest BCUT2D eigenvalue weighted by molar-refractivity contribution is -0.154. The fourth-order valence-corrected chi connectivity index (χ4v) is 4.37. The van der Waals surface area contributed by atoms with Gasteiger partial charge in [0.2, 0.25) is 0 Å². The molecule has 0 spiro atoms. The number of ether oxygens (including phenoxy) is 2. The van der Waals surface area contributed by atoms with Crippen molar-refractivity contribution >= 4 is 23.9 Å². The van der Waals surface area contributed by atoms with Gasteiger partial charge in [-0.15, -0.1) is 0 Å². The van der Waals surface area contributed by atoms with Gasteiger partial charge in [0.15, 0.2) is 0 Å². The lowest BCUT2D eigenvalue weighted by Gasteiger charge is -2.46. The zero-order valence-electron chi connectivity index (χ0n) is 9.33. The van der Waals surface area contributed by atoms with Gasteiger partial charge in [-0.2, -0.15) is 0 Å². The Bertz CT molecular complexity index is 423. The SMILES string of the molecule is O=C1OC(=O)[C@@H]2C1C1CCC2[C@H]2C(=O)OC(=O)[C@@H]12. The zero-order valence-corrected chi connectivity index (χ0v) is 9.33. The maximum atomic E-state index is 11.7. The molecule has 5 fully saturated rings. The Morgan fingerprint density at radius 3 is 1.17 bits per heavy atom. The highest BCUT2D eigenvalue weighted by molar-refractivity contribution is 6.02. The molecular weight excluding hydrogens is 240 g/mol. The molecule has 18 heavy (non-hydrogen) atoms. The molecule has 3 aliphatic carbocycles. The van der Waals surface area contributed by atoms with Crippen LogP contribution in [0.2, 0.25) is 0 Å². The van der Waals surface area contributed by atoms with Gasteiger partial charge in [-0.25, -0.2) is 0 Å². The number of rotatable bonds is 0. The fourth-order valence-electron chi connectivity index (χ4n) is 4.37. The smallest absolute Gasteiger partial charge is 0.317 e. The monoisotopic (exact) mass is 250 g/mol. The normalized spacial score (nSPS) is 48.9. The minimum Gasteiger partial charge on any atom is -0.393 e. The Kier molecular flexibility index (Phi) is 1.70. The predicted octanol–water partition coefficient (Wildman–Crippen LogP) is -0.342. The summed E-state index contributed by atoms with van der Waals surface area (Å²) in [5, 5.41) is 0. The fraction of sp³-hybridized carbons (Fsp3) is 0.667.